The molecule has 2 rings (SSSR count). The van der Waals surface area contributed by atoms with E-state index in [1.165, 1.54) is 29.5 Å². The monoisotopic (exact) mass is 305 g/mol. The van der Waals surface area contributed by atoms with Gasteiger partial charge in [0.2, 0.25) is 5.91 Å². The Morgan fingerprint density at radius 1 is 1.33 bits per heavy atom. The van der Waals surface area contributed by atoms with Gasteiger partial charge in [-0.1, -0.05) is 12.1 Å². The molecule has 0 fully saturated rings. The third-order valence-electron chi connectivity index (χ3n) is 2.82. The van der Waals surface area contributed by atoms with E-state index in [1.807, 2.05) is 12.1 Å². The molecule has 0 aliphatic carbocycles. The van der Waals surface area contributed by atoms with E-state index in [4.69, 9.17) is 5.11 Å². The molecule has 1 amide bonds. The summed E-state index contributed by atoms with van der Waals surface area (Å²) in [4.78, 5) is 13.5. The van der Waals surface area contributed by atoms with Crippen LogP contribution in [0, 0.1) is 5.82 Å². The minimum Gasteiger partial charge on any atom is -0.394 e. The van der Waals surface area contributed by atoms with Crippen LogP contribution in [0.3, 0.4) is 0 Å². The molecule has 1 aromatic carbocycles. The SMILES string of the molecule is CC(CO)NC(=O)/C=C/c1ccc(-c2ccc(F)cc2)s1. The minimum absolute atomic E-state index is 0.0900. The van der Waals surface area contributed by atoms with Gasteiger partial charge in [-0.15, -0.1) is 11.3 Å². The number of benzene rings is 1. The quantitative estimate of drug-likeness (QED) is 0.834. The highest BCUT2D eigenvalue weighted by atomic mass is 32.1. The van der Waals surface area contributed by atoms with E-state index in [1.54, 1.807) is 25.1 Å². The van der Waals surface area contributed by atoms with Gasteiger partial charge in [-0.3, -0.25) is 4.79 Å². The number of carbonyl (C=O) groups excluding carboxylic acids is 1. The first-order valence-electron chi connectivity index (χ1n) is 6.53. The van der Waals surface area contributed by atoms with Crippen LogP contribution in [0.2, 0.25) is 0 Å². The van der Waals surface area contributed by atoms with E-state index in [0.717, 1.165) is 15.3 Å². The molecule has 0 saturated carbocycles. The predicted molar refractivity (Wildman–Crippen MR) is 83.4 cm³/mol. The van der Waals surface area contributed by atoms with Crippen molar-refractivity contribution in [1.82, 2.24) is 5.32 Å². The number of carbonyl (C=O) groups is 1. The van der Waals surface area contributed by atoms with Crippen molar-refractivity contribution in [3.8, 4) is 10.4 Å². The first-order chi connectivity index (χ1) is 10.1. The van der Waals surface area contributed by atoms with Gasteiger partial charge >= 0.3 is 0 Å². The molecule has 1 unspecified atom stereocenters. The molecule has 0 aliphatic rings. The Bertz CT molecular complexity index is 634. The van der Waals surface area contributed by atoms with Crippen LogP contribution >= 0.6 is 11.3 Å². The molecule has 5 heteroatoms. The number of amides is 1. The summed E-state index contributed by atoms with van der Waals surface area (Å²) in [6.45, 7) is 1.64. The highest BCUT2D eigenvalue weighted by molar-refractivity contribution is 7.16. The van der Waals surface area contributed by atoms with Gasteiger partial charge < -0.3 is 10.4 Å². The lowest BCUT2D eigenvalue weighted by atomic mass is 10.2. The Hall–Kier alpha value is -1.98. The highest BCUT2D eigenvalue weighted by Gasteiger charge is 2.04. The lowest BCUT2D eigenvalue weighted by Crippen LogP contribution is -2.33. The van der Waals surface area contributed by atoms with E-state index < -0.39 is 0 Å². The van der Waals surface area contributed by atoms with Crippen molar-refractivity contribution in [2.24, 2.45) is 0 Å². The fourth-order valence-electron chi connectivity index (χ4n) is 1.71. The van der Waals surface area contributed by atoms with Crippen LogP contribution in [0.5, 0.6) is 0 Å². The lowest BCUT2D eigenvalue weighted by molar-refractivity contribution is -0.117. The molecule has 0 saturated heterocycles. The summed E-state index contributed by atoms with van der Waals surface area (Å²) < 4.78 is 12.9. The molecular weight excluding hydrogens is 289 g/mol. The van der Waals surface area contributed by atoms with Crippen molar-refractivity contribution >= 4 is 23.3 Å². The predicted octanol–water partition coefficient (Wildman–Crippen LogP) is 3.06. The third-order valence-corrected chi connectivity index (χ3v) is 3.92. The Morgan fingerprint density at radius 3 is 2.71 bits per heavy atom. The summed E-state index contributed by atoms with van der Waals surface area (Å²) in [5, 5.41) is 11.5. The number of thiophene rings is 1. The number of aliphatic hydroxyl groups excluding tert-OH is 1. The summed E-state index contributed by atoms with van der Waals surface area (Å²) in [6, 6.07) is 9.88. The van der Waals surface area contributed by atoms with Gasteiger partial charge in [-0.05, 0) is 42.8 Å². The van der Waals surface area contributed by atoms with Gasteiger partial charge in [-0.25, -0.2) is 4.39 Å². The molecule has 0 spiro atoms. The fraction of sp³-hybridized carbons (Fsp3) is 0.188. The van der Waals surface area contributed by atoms with Crippen LogP contribution in [-0.4, -0.2) is 23.7 Å². The van der Waals surface area contributed by atoms with E-state index in [0.29, 0.717) is 0 Å². The van der Waals surface area contributed by atoms with Gasteiger partial charge in [0, 0.05) is 21.9 Å². The Balaban J connectivity index is 2.03. The minimum atomic E-state index is -0.264. The van der Waals surface area contributed by atoms with Crippen LogP contribution < -0.4 is 5.32 Å². The van der Waals surface area contributed by atoms with Crippen molar-refractivity contribution in [3.05, 3.63) is 53.2 Å². The molecule has 21 heavy (non-hydrogen) atoms. The van der Waals surface area contributed by atoms with E-state index in [-0.39, 0.29) is 24.4 Å². The molecule has 3 nitrogen and oxygen atoms in total. The number of rotatable bonds is 5. The van der Waals surface area contributed by atoms with Crippen molar-refractivity contribution in [2.45, 2.75) is 13.0 Å². The van der Waals surface area contributed by atoms with Crippen LogP contribution in [0.25, 0.3) is 16.5 Å². The molecule has 1 atom stereocenters. The van der Waals surface area contributed by atoms with Gasteiger partial charge in [0.25, 0.3) is 0 Å². The number of hydrogen-bond donors (Lipinski definition) is 2. The molecule has 1 aromatic heterocycles. The summed E-state index contributed by atoms with van der Waals surface area (Å²) in [5.41, 5.74) is 0.944. The topological polar surface area (TPSA) is 49.3 Å². The molecular formula is C16H16FNO2S. The number of hydrogen-bond acceptors (Lipinski definition) is 3. The largest absolute Gasteiger partial charge is 0.394 e. The zero-order valence-electron chi connectivity index (χ0n) is 11.5. The first kappa shape index (κ1) is 15.4. The third kappa shape index (κ3) is 4.51. The van der Waals surface area contributed by atoms with Gasteiger partial charge in [0.05, 0.1) is 6.61 Å². The Kier molecular flexibility index (Phi) is 5.25. The van der Waals surface area contributed by atoms with Crippen LogP contribution in [0.1, 0.15) is 11.8 Å². The molecule has 0 radical (unpaired) electrons. The molecule has 0 aliphatic heterocycles. The second-order valence-corrected chi connectivity index (χ2v) is 5.75. The highest BCUT2D eigenvalue weighted by Crippen LogP contribution is 2.28. The number of halogens is 1. The van der Waals surface area contributed by atoms with Crippen molar-refractivity contribution in [3.63, 3.8) is 0 Å². The molecule has 0 bridgehead atoms. The second-order valence-electron chi connectivity index (χ2n) is 4.63. The number of aliphatic hydroxyl groups is 1. The standard InChI is InChI=1S/C16H16FNO2S/c1-11(10-19)18-16(20)9-7-14-6-8-15(21-14)12-2-4-13(17)5-3-12/h2-9,11,19H,10H2,1H3,(H,18,20)/b9-7+. The maximum Gasteiger partial charge on any atom is 0.244 e. The summed E-state index contributed by atoms with van der Waals surface area (Å²) in [6.07, 6.45) is 3.16. The fourth-order valence-corrected chi connectivity index (χ4v) is 2.62. The average molecular weight is 305 g/mol. The smallest absolute Gasteiger partial charge is 0.244 e. The van der Waals surface area contributed by atoms with Crippen LogP contribution in [0.4, 0.5) is 4.39 Å². The number of nitrogens with one attached hydrogen (secondary N) is 1. The maximum atomic E-state index is 12.9. The Labute approximate surface area is 126 Å². The van der Waals surface area contributed by atoms with Crippen LogP contribution in [-0.2, 0) is 4.79 Å². The molecule has 1 heterocycles. The average Bonchev–Trinajstić information content (AvgIpc) is 2.94. The zero-order chi connectivity index (χ0) is 15.2. The summed E-state index contributed by atoms with van der Waals surface area (Å²) in [7, 11) is 0. The van der Waals surface area contributed by atoms with Gasteiger partial charge in [-0.2, -0.15) is 0 Å². The molecule has 2 aromatic rings. The van der Waals surface area contributed by atoms with Crippen molar-refractivity contribution in [2.75, 3.05) is 6.61 Å². The van der Waals surface area contributed by atoms with Gasteiger partial charge in [0.15, 0.2) is 0 Å². The van der Waals surface area contributed by atoms with Crippen molar-refractivity contribution in [1.29, 1.82) is 0 Å². The zero-order valence-corrected chi connectivity index (χ0v) is 12.4. The van der Waals surface area contributed by atoms with Crippen LogP contribution in [0.15, 0.2) is 42.5 Å². The lowest BCUT2D eigenvalue weighted by Gasteiger charge is -2.07. The van der Waals surface area contributed by atoms with Crippen molar-refractivity contribution < 1.29 is 14.3 Å². The van der Waals surface area contributed by atoms with Gasteiger partial charge in [0.1, 0.15) is 5.82 Å². The van der Waals surface area contributed by atoms with E-state index in [2.05, 4.69) is 5.32 Å². The summed E-state index contributed by atoms with van der Waals surface area (Å²) >= 11 is 1.52. The maximum absolute atomic E-state index is 12.9. The second kappa shape index (κ2) is 7.15. The normalized spacial score (nSPS) is 12.5. The molecule has 110 valence electrons. The van der Waals surface area contributed by atoms with E-state index >= 15 is 0 Å². The van der Waals surface area contributed by atoms with E-state index in [9.17, 15) is 9.18 Å². The molecule has 2 N–H and O–H groups in total. The first-order valence-corrected chi connectivity index (χ1v) is 7.35. The summed E-state index contributed by atoms with van der Waals surface area (Å²) in [5.74, 6) is -0.501. The Morgan fingerprint density at radius 2 is 2.05 bits per heavy atom.